The summed E-state index contributed by atoms with van der Waals surface area (Å²) in [4.78, 5) is 0. The molecule has 0 radical (unpaired) electrons. The Morgan fingerprint density at radius 1 is 1.05 bits per heavy atom. The van der Waals surface area contributed by atoms with Gasteiger partial charge in [0.25, 0.3) is 0 Å². The maximum atomic E-state index is 5.89. The Labute approximate surface area is 134 Å². The van der Waals surface area contributed by atoms with Crippen molar-refractivity contribution in [2.24, 2.45) is 7.05 Å². The molecule has 116 valence electrons. The van der Waals surface area contributed by atoms with Crippen LogP contribution in [0.15, 0.2) is 36.7 Å². The number of halogens is 1. The molecule has 20 heavy (non-hydrogen) atoms. The first-order chi connectivity index (χ1) is 9.79. The molecular formula is C16H26ClN2Rh. The van der Waals surface area contributed by atoms with Crippen LogP contribution >= 0.6 is 9.69 Å². The van der Waals surface area contributed by atoms with E-state index in [0.717, 1.165) is 6.54 Å². The topological polar surface area (TPSA) is 9.86 Å². The molecule has 1 aromatic heterocycles. The van der Waals surface area contributed by atoms with E-state index in [2.05, 4.69) is 52.8 Å². The second-order valence-corrected chi connectivity index (χ2v) is 6.65. The van der Waals surface area contributed by atoms with Gasteiger partial charge in [0.15, 0.2) is 0 Å². The zero-order valence-electron chi connectivity index (χ0n) is 12.5. The van der Waals surface area contributed by atoms with Gasteiger partial charge in [-0.05, 0) is 25.7 Å². The third-order valence-electron chi connectivity index (χ3n) is 3.11. The standard InChI is InChI=1S/C8H14N2.C8H12.ClH.Rh/c1-3-4-5-10-7-6-9(2)8-10;1-2-4-6-8-7-5-3-1;;/h6-7H,3-5H2,1-2H3;1-2,7-8H,3-6H2;1H;/q;;;+1/p-1/b;2-1-,8-7-;;. The Bertz CT molecular complexity index is 457. The molecular weight excluding hydrogens is 359 g/mol. The summed E-state index contributed by atoms with van der Waals surface area (Å²) in [6, 6.07) is 0. The fraction of sp³-hybridized carbons (Fsp3) is 0.562. The molecule has 0 atom stereocenters. The normalized spacial score (nSPS) is 19.4. The van der Waals surface area contributed by atoms with E-state index in [4.69, 9.17) is 9.69 Å². The Hall–Kier alpha value is -0.397. The number of nitrogens with zero attached hydrogens (tertiary/aromatic N) is 2. The molecule has 1 aromatic rings. The van der Waals surface area contributed by atoms with Gasteiger partial charge in [-0.3, -0.25) is 0 Å². The molecule has 1 heterocycles. The molecule has 0 aromatic carbocycles. The maximum absolute atomic E-state index is 5.89. The first kappa shape index (κ1) is 17.7. The Morgan fingerprint density at radius 3 is 2.05 bits per heavy atom. The molecule has 1 aliphatic rings. The number of hydrogen-bond donors (Lipinski definition) is 0. The van der Waals surface area contributed by atoms with Crippen LogP contribution in [0.4, 0.5) is 0 Å². The number of unbranched alkanes of at least 4 members (excludes halogenated alkanes) is 1. The zero-order valence-corrected chi connectivity index (χ0v) is 14.9. The van der Waals surface area contributed by atoms with Crippen LogP contribution in [0.3, 0.4) is 0 Å². The van der Waals surface area contributed by atoms with Crippen LogP contribution in [0.5, 0.6) is 0 Å². The monoisotopic (exact) mass is 384 g/mol. The van der Waals surface area contributed by atoms with Gasteiger partial charge in [0.05, 0.1) is 0 Å². The predicted octanol–water partition coefficient (Wildman–Crippen LogP) is 5.07. The van der Waals surface area contributed by atoms with Crippen LogP contribution in [0.2, 0.25) is 0 Å². The summed E-state index contributed by atoms with van der Waals surface area (Å²) in [5.74, 6) is 0. The van der Waals surface area contributed by atoms with Crippen LogP contribution < -0.4 is 0 Å². The third kappa shape index (κ3) is 6.86. The van der Waals surface area contributed by atoms with Crippen molar-refractivity contribution in [1.29, 1.82) is 0 Å². The fourth-order valence-corrected chi connectivity index (χ4v) is 3.70. The molecule has 1 aliphatic carbocycles. The first-order valence-corrected chi connectivity index (χ1v) is 10.3. The molecule has 4 heteroatoms. The molecule has 0 bridgehead atoms. The first-order valence-electron chi connectivity index (χ1n) is 7.36. The molecule has 0 N–H and O–H groups in total. The summed E-state index contributed by atoms with van der Waals surface area (Å²) in [6.07, 6.45) is 20.6. The van der Waals surface area contributed by atoms with Crippen molar-refractivity contribution in [1.82, 2.24) is 9.13 Å². The van der Waals surface area contributed by atoms with Crippen LogP contribution in [0.1, 0.15) is 45.4 Å². The second-order valence-electron chi connectivity index (χ2n) is 4.87. The number of hydrogen-bond acceptors (Lipinski definition) is 0. The number of aromatic nitrogens is 2. The summed E-state index contributed by atoms with van der Waals surface area (Å²) in [6.45, 7) is 3.30. The zero-order chi connectivity index (χ0) is 14.6. The van der Waals surface area contributed by atoms with Gasteiger partial charge in [0.1, 0.15) is 0 Å². The van der Waals surface area contributed by atoms with Gasteiger partial charge in [0.2, 0.25) is 0 Å². The third-order valence-corrected chi connectivity index (χ3v) is 5.10. The van der Waals surface area contributed by atoms with Crippen molar-refractivity contribution < 1.29 is 15.7 Å². The van der Waals surface area contributed by atoms with Crippen molar-refractivity contribution >= 4 is 9.69 Å². The van der Waals surface area contributed by atoms with E-state index in [-0.39, 0.29) is 15.7 Å². The molecule has 0 saturated carbocycles. The summed E-state index contributed by atoms with van der Waals surface area (Å²) in [7, 11) is 7.93. The average Bonchev–Trinajstić information content (AvgIpc) is 2.76. The van der Waals surface area contributed by atoms with Gasteiger partial charge < -0.3 is 0 Å². The van der Waals surface area contributed by atoms with Gasteiger partial charge in [0, 0.05) is 0 Å². The Kier molecular flexibility index (Phi) is 9.96. The van der Waals surface area contributed by atoms with E-state index in [0.29, 0.717) is 0 Å². The van der Waals surface area contributed by atoms with E-state index >= 15 is 0 Å². The van der Waals surface area contributed by atoms with Crippen molar-refractivity contribution in [3.8, 4) is 0 Å². The van der Waals surface area contributed by atoms with Crippen molar-refractivity contribution in [3.63, 3.8) is 0 Å². The molecule has 2 nitrogen and oxygen atoms in total. The number of imidazole rings is 1. The number of aryl methyl sites for hydroxylation is 2. The number of allylic oxidation sites excluding steroid dienone is 4. The van der Waals surface area contributed by atoms with E-state index in [1.54, 1.807) is 0 Å². The van der Waals surface area contributed by atoms with Gasteiger partial charge >= 0.3 is 84.3 Å². The minimum absolute atomic E-state index is 0.0136. The van der Waals surface area contributed by atoms with Crippen LogP contribution in [0.25, 0.3) is 0 Å². The Morgan fingerprint density at radius 2 is 1.60 bits per heavy atom. The van der Waals surface area contributed by atoms with E-state index < -0.39 is 0 Å². The summed E-state index contributed by atoms with van der Waals surface area (Å²) < 4.78 is 5.61. The van der Waals surface area contributed by atoms with Crippen molar-refractivity contribution in [2.75, 3.05) is 0 Å². The van der Waals surface area contributed by atoms with Gasteiger partial charge in [-0.2, -0.15) is 0 Å². The van der Waals surface area contributed by atoms with Gasteiger partial charge in [-0.15, -0.1) is 0 Å². The number of rotatable bonds is 3. The fourth-order valence-electron chi connectivity index (χ4n) is 1.93. The molecule has 0 fully saturated rings. The predicted molar refractivity (Wildman–Crippen MR) is 84.2 cm³/mol. The van der Waals surface area contributed by atoms with Gasteiger partial charge in [-0.25, -0.2) is 0 Å². The average molecular weight is 385 g/mol. The van der Waals surface area contributed by atoms with Crippen LogP contribution in [0, 0.1) is 4.01 Å². The summed E-state index contributed by atoms with van der Waals surface area (Å²) >= 11 is 0.0136. The van der Waals surface area contributed by atoms with Crippen molar-refractivity contribution in [3.05, 3.63) is 40.7 Å². The summed E-state index contributed by atoms with van der Waals surface area (Å²) in [5.41, 5.74) is 0. The second kappa shape index (κ2) is 11.3. The quantitative estimate of drug-likeness (QED) is 0.509. The molecule has 0 unspecified atom stereocenters. The van der Waals surface area contributed by atoms with Crippen molar-refractivity contribution in [2.45, 2.75) is 52.0 Å². The Balaban J connectivity index is 0.000000217. The van der Waals surface area contributed by atoms with Crippen LogP contribution in [-0.4, -0.2) is 9.13 Å². The molecule has 0 spiro atoms. The summed E-state index contributed by atoms with van der Waals surface area (Å²) in [5, 5.41) is 0. The molecule has 0 aliphatic heterocycles. The molecule has 0 amide bonds. The van der Waals surface area contributed by atoms with E-state index in [1.807, 2.05) is 7.05 Å². The molecule has 2 rings (SSSR count). The van der Waals surface area contributed by atoms with E-state index in [9.17, 15) is 0 Å². The molecule has 0 saturated heterocycles. The SMILES string of the molecule is C1=C\CC/C=C\CC/1.CCCCn1ccn(C)[c]1=[Rh][Cl]. The minimum atomic E-state index is 0.0136. The van der Waals surface area contributed by atoms with Gasteiger partial charge in [-0.1, -0.05) is 24.3 Å². The van der Waals surface area contributed by atoms with E-state index in [1.165, 1.54) is 42.5 Å². The van der Waals surface area contributed by atoms with Crippen LogP contribution in [-0.2, 0) is 29.3 Å².